The summed E-state index contributed by atoms with van der Waals surface area (Å²) in [4.78, 5) is 20.7. The Labute approximate surface area is 148 Å². The molecule has 0 radical (unpaired) electrons. The van der Waals surface area contributed by atoms with Crippen molar-refractivity contribution in [2.45, 2.75) is 6.92 Å². The molecule has 1 aliphatic heterocycles. The number of hydrogen-bond acceptors (Lipinski definition) is 5. The molecule has 0 N–H and O–H groups in total. The zero-order valence-corrected chi connectivity index (χ0v) is 14.4. The lowest BCUT2D eigenvalue weighted by molar-refractivity contribution is -0.133. The number of carbonyl (C=O) groups excluding carboxylic acids is 1. The molecule has 6 nitrogen and oxygen atoms in total. The summed E-state index contributed by atoms with van der Waals surface area (Å²) >= 11 is 0. The van der Waals surface area contributed by atoms with E-state index in [0.29, 0.717) is 25.4 Å². The first kappa shape index (κ1) is 17.1. The van der Waals surface area contributed by atoms with Gasteiger partial charge < -0.3 is 19.3 Å². The Morgan fingerprint density at radius 2 is 1.80 bits per heavy atom. The highest BCUT2D eigenvalue weighted by Crippen LogP contribution is 2.19. The Morgan fingerprint density at radius 3 is 2.48 bits per heavy atom. The summed E-state index contributed by atoms with van der Waals surface area (Å²) in [7, 11) is 0. The molecule has 0 saturated carbocycles. The van der Waals surface area contributed by atoms with Gasteiger partial charge in [0.1, 0.15) is 17.3 Å². The summed E-state index contributed by atoms with van der Waals surface area (Å²) in [5, 5.41) is 0. The highest BCUT2D eigenvalue weighted by atomic mass is 16.5. The molecule has 0 spiro atoms. The first-order valence-electron chi connectivity index (χ1n) is 8.55. The maximum Gasteiger partial charge on any atom is 0.260 e. The molecule has 1 aromatic heterocycles. The van der Waals surface area contributed by atoms with Gasteiger partial charge in [0.15, 0.2) is 6.61 Å². The van der Waals surface area contributed by atoms with E-state index in [2.05, 4.69) is 9.88 Å². The Bertz CT molecular complexity index is 685. The molecule has 6 heteroatoms. The van der Waals surface area contributed by atoms with E-state index >= 15 is 0 Å². The molecule has 1 saturated heterocycles. The SMILES string of the molecule is CCOc1cccc(OCC(=O)N2CCN(c3ccccn3)CC2)c1. The number of aromatic nitrogens is 1. The summed E-state index contributed by atoms with van der Waals surface area (Å²) in [6.07, 6.45) is 1.79. The van der Waals surface area contributed by atoms with E-state index in [9.17, 15) is 4.79 Å². The molecule has 25 heavy (non-hydrogen) atoms. The fourth-order valence-electron chi connectivity index (χ4n) is 2.78. The number of benzene rings is 1. The van der Waals surface area contributed by atoms with Crippen molar-refractivity contribution < 1.29 is 14.3 Å². The largest absolute Gasteiger partial charge is 0.494 e. The van der Waals surface area contributed by atoms with E-state index in [1.165, 1.54) is 0 Å². The average Bonchev–Trinajstić information content (AvgIpc) is 2.67. The molecular weight excluding hydrogens is 318 g/mol. The van der Waals surface area contributed by atoms with E-state index in [0.717, 1.165) is 24.7 Å². The van der Waals surface area contributed by atoms with Gasteiger partial charge in [-0.3, -0.25) is 4.79 Å². The number of piperazine rings is 1. The number of anilines is 1. The molecule has 2 heterocycles. The van der Waals surface area contributed by atoms with Crippen LogP contribution >= 0.6 is 0 Å². The monoisotopic (exact) mass is 341 g/mol. The molecule has 1 aliphatic rings. The predicted octanol–water partition coefficient (Wildman–Crippen LogP) is 2.21. The van der Waals surface area contributed by atoms with E-state index in [1.807, 2.05) is 48.2 Å². The van der Waals surface area contributed by atoms with Crippen molar-refractivity contribution in [1.29, 1.82) is 0 Å². The predicted molar refractivity (Wildman–Crippen MR) is 96.1 cm³/mol. The highest BCUT2D eigenvalue weighted by molar-refractivity contribution is 5.78. The van der Waals surface area contributed by atoms with Crippen LogP contribution in [0.5, 0.6) is 11.5 Å². The fourth-order valence-corrected chi connectivity index (χ4v) is 2.78. The minimum atomic E-state index is 0.00230. The second-order valence-corrected chi connectivity index (χ2v) is 5.75. The van der Waals surface area contributed by atoms with Crippen molar-refractivity contribution in [2.75, 3.05) is 44.3 Å². The molecule has 0 aliphatic carbocycles. The molecule has 3 rings (SSSR count). The lowest BCUT2D eigenvalue weighted by Crippen LogP contribution is -2.50. The molecular formula is C19H23N3O3. The molecule has 1 fully saturated rings. The topological polar surface area (TPSA) is 54.9 Å². The van der Waals surface area contributed by atoms with E-state index in [1.54, 1.807) is 12.3 Å². The third-order valence-corrected chi connectivity index (χ3v) is 4.08. The molecule has 0 atom stereocenters. The lowest BCUT2D eigenvalue weighted by atomic mass is 10.3. The van der Waals surface area contributed by atoms with Gasteiger partial charge in [-0.1, -0.05) is 12.1 Å². The minimum Gasteiger partial charge on any atom is -0.494 e. The van der Waals surface area contributed by atoms with Crippen molar-refractivity contribution in [3.8, 4) is 11.5 Å². The van der Waals surface area contributed by atoms with Crippen LogP contribution in [0, 0.1) is 0 Å². The van der Waals surface area contributed by atoms with Gasteiger partial charge >= 0.3 is 0 Å². The van der Waals surface area contributed by atoms with Gasteiger partial charge in [-0.05, 0) is 31.2 Å². The van der Waals surface area contributed by atoms with Crippen LogP contribution < -0.4 is 14.4 Å². The van der Waals surface area contributed by atoms with Crippen LogP contribution in [0.2, 0.25) is 0 Å². The van der Waals surface area contributed by atoms with Crippen molar-refractivity contribution >= 4 is 11.7 Å². The molecule has 2 aromatic rings. The van der Waals surface area contributed by atoms with E-state index < -0.39 is 0 Å². The van der Waals surface area contributed by atoms with Crippen molar-refractivity contribution in [3.63, 3.8) is 0 Å². The van der Waals surface area contributed by atoms with Gasteiger partial charge in [0, 0.05) is 38.4 Å². The average molecular weight is 341 g/mol. The van der Waals surface area contributed by atoms with Crippen LogP contribution in [-0.2, 0) is 4.79 Å². The molecule has 0 bridgehead atoms. The molecule has 1 amide bonds. The van der Waals surface area contributed by atoms with Gasteiger partial charge in [-0.2, -0.15) is 0 Å². The summed E-state index contributed by atoms with van der Waals surface area (Å²) in [6.45, 7) is 5.49. The van der Waals surface area contributed by atoms with E-state index in [4.69, 9.17) is 9.47 Å². The smallest absolute Gasteiger partial charge is 0.260 e. The Morgan fingerprint density at radius 1 is 1.04 bits per heavy atom. The zero-order chi connectivity index (χ0) is 17.5. The van der Waals surface area contributed by atoms with Crippen molar-refractivity contribution in [1.82, 2.24) is 9.88 Å². The number of pyridine rings is 1. The number of amides is 1. The first-order valence-corrected chi connectivity index (χ1v) is 8.55. The van der Waals surface area contributed by atoms with Gasteiger partial charge in [0.05, 0.1) is 6.61 Å². The van der Waals surface area contributed by atoms with E-state index in [-0.39, 0.29) is 12.5 Å². The quantitative estimate of drug-likeness (QED) is 0.806. The standard InChI is InChI=1S/C19H23N3O3/c1-2-24-16-6-5-7-17(14-16)25-15-19(23)22-12-10-21(11-13-22)18-8-3-4-9-20-18/h3-9,14H,2,10-13,15H2,1H3. The maximum atomic E-state index is 12.4. The Hall–Kier alpha value is -2.76. The summed E-state index contributed by atoms with van der Waals surface area (Å²) in [5.41, 5.74) is 0. The fraction of sp³-hybridized carbons (Fsp3) is 0.368. The number of hydrogen-bond donors (Lipinski definition) is 0. The third-order valence-electron chi connectivity index (χ3n) is 4.08. The van der Waals surface area contributed by atoms with Crippen LogP contribution in [0.25, 0.3) is 0 Å². The number of rotatable bonds is 6. The molecule has 0 unspecified atom stereocenters. The Balaban J connectivity index is 1.47. The highest BCUT2D eigenvalue weighted by Gasteiger charge is 2.22. The van der Waals surface area contributed by atoms with Crippen LogP contribution in [0.3, 0.4) is 0 Å². The van der Waals surface area contributed by atoms with Crippen molar-refractivity contribution in [3.05, 3.63) is 48.7 Å². The first-order chi connectivity index (χ1) is 12.3. The number of nitrogens with zero attached hydrogens (tertiary/aromatic N) is 3. The normalized spacial score (nSPS) is 14.3. The second-order valence-electron chi connectivity index (χ2n) is 5.75. The third kappa shape index (κ3) is 4.62. The van der Waals surface area contributed by atoms with Crippen LogP contribution in [0.4, 0.5) is 5.82 Å². The number of carbonyl (C=O) groups is 1. The van der Waals surface area contributed by atoms with Crippen LogP contribution in [0.1, 0.15) is 6.92 Å². The minimum absolute atomic E-state index is 0.00230. The van der Waals surface area contributed by atoms with Gasteiger partial charge in [-0.15, -0.1) is 0 Å². The molecule has 132 valence electrons. The molecule has 1 aromatic carbocycles. The van der Waals surface area contributed by atoms with Gasteiger partial charge in [-0.25, -0.2) is 4.98 Å². The lowest BCUT2D eigenvalue weighted by Gasteiger charge is -2.35. The summed E-state index contributed by atoms with van der Waals surface area (Å²) in [5.74, 6) is 2.35. The van der Waals surface area contributed by atoms with Crippen LogP contribution in [0.15, 0.2) is 48.7 Å². The van der Waals surface area contributed by atoms with Gasteiger partial charge in [0.25, 0.3) is 5.91 Å². The summed E-state index contributed by atoms with van der Waals surface area (Å²) < 4.78 is 11.1. The zero-order valence-electron chi connectivity index (χ0n) is 14.4. The van der Waals surface area contributed by atoms with Gasteiger partial charge in [0.2, 0.25) is 0 Å². The maximum absolute atomic E-state index is 12.4. The van der Waals surface area contributed by atoms with Crippen LogP contribution in [-0.4, -0.2) is 55.2 Å². The van der Waals surface area contributed by atoms with Crippen molar-refractivity contribution in [2.24, 2.45) is 0 Å². The Kier molecular flexibility index (Phi) is 5.72. The number of ether oxygens (including phenoxy) is 2. The second kappa shape index (κ2) is 8.37. The summed E-state index contributed by atoms with van der Waals surface area (Å²) in [6, 6.07) is 13.2.